The van der Waals surface area contributed by atoms with Gasteiger partial charge in [0.25, 0.3) is 5.69 Å². The summed E-state index contributed by atoms with van der Waals surface area (Å²) in [5, 5.41) is 13.5. The van der Waals surface area contributed by atoms with Gasteiger partial charge in [-0.25, -0.2) is 0 Å². The van der Waals surface area contributed by atoms with Crippen LogP contribution in [0.2, 0.25) is 0 Å². The molecule has 0 saturated carbocycles. The highest BCUT2D eigenvalue weighted by atomic mass is 16.6. The molecule has 0 unspecified atom stereocenters. The molecule has 1 aromatic carbocycles. The zero-order chi connectivity index (χ0) is 17.4. The molecule has 0 saturated heterocycles. The predicted molar refractivity (Wildman–Crippen MR) is 81.8 cm³/mol. The van der Waals surface area contributed by atoms with Crippen molar-refractivity contribution >= 4 is 17.6 Å². The van der Waals surface area contributed by atoms with Crippen molar-refractivity contribution in [2.75, 3.05) is 13.7 Å². The fourth-order valence-electron chi connectivity index (χ4n) is 1.98. The van der Waals surface area contributed by atoms with Crippen molar-refractivity contribution < 1.29 is 24.0 Å². The van der Waals surface area contributed by atoms with E-state index in [0.29, 0.717) is 5.56 Å². The van der Waals surface area contributed by atoms with E-state index in [1.54, 1.807) is 26.0 Å². The molecule has 0 amide bonds. The van der Waals surface area contributed by atoms with Crippen LogP contribution in [-0.4, -0.2) is 42.7 Å². The van der Waals surface area contributed by atoms with Gasteiger partial charge < -0.3 is 9.47 Å². The maximum Gasteiger partial charge on any atom is 0.323 e. The summed E-state index contributed by atoms with van der Waals surface area (Å²) in [7, 11) is 1.25. The highest BCUT2D eigenvalue weighted by Gasteiger charge is 2.25. The fourth-order valence-corrected chi connectivity index (χ4v) is 1.98. The van der Waals surface area contributed by atoms with E-state index < -0.39 is 28.9 Å². The lowest BCUT2D eigenvalue weighted by atomic mass is 10.0. The monoisotopic (exact) mass is 324 g/mol. The van der Waals surface area contributed by atoms with Gasteiger partial charge in [0.05, 0.1) is 18.6 Å². The van der Waals surface area contributed by atoms with Crippen LogP contribution in [0.25, 0.3) is 0 Å². The summed E-state index contributed by atoms with van der Waals surface area (Å²) in [5.74, 6) is -0.996. The predicted octanol–water partition coefficient (Wildman–Crippen LogP) is 1.22. The molecule has 0 heterocycles. The maximum atomic E-state index is 11.9. The largest absolute Gasteiger partial charge is 0.468 e. The lowest BCUT2D eigenvalue weighted by molar-refractivity contribution is -0.384. The van der Waals surface area contributed by atoms with Crippen LogP contribution in [0.15, 0.2) is 24.3 Å². The van der Waals surface area contributed by atoms with E-state index in [2.05, 4.69) is 5.32 Å². The molecule has 2 atom stereocenters. The molecule has 0 aliphatic heterocycles. The summed E-state index contributed by atoms with van der Waals surface area (Å²) in [4.78, 5) is 33.7. The van der Waals surface area contributed by atoms with Gasteiger partial charge >= 0.3 is 11.9 Å². The minimum atomic E-state index is -0.763. The van der Waals surface area contributed by atoms with Crippen LogP contribution in [0, 0.1) is 10.1 Å². The van der Waals surface area contributed by atoms with E-state index in [9.17, 15) is 19.7 Å². The number of ether oxygens (including phenoxy) is 2. The van der Waals surface area contributed by atoms with Crippen molar-refractivity contribution in [2.24, 2.45) is 0 Å². The molecule has 0 spiro atoms. The summed E-state index contributed by atoms with van der Waals surface area (Å²) in [6.07, 6.45) is 0.231. The van der Waals surface area contributed by atoms with E-state index in [0.717, 1.165) is 0 Å². The Kier molecular flexibility index (Phi) is 7.14. The summed E-state index contributed by atoms with van der Waals surface area (Å²) in [5.41, 5.74) is 0.672. The number of benzene rings is 1. The van der Waals surface area contributed by atoms with Gasteiger partial charge in [-0.2, -0.15) is 0 Å². The van der Waals surface area contributed by atoms with Crippen LogP contribution >= 0.6 is 0 Å². The number of non-ortho nitro benzene ring substituents is 1. The van der Waals surface area contributed by atoms with Crippen LogP contribution in [0.1, 0.15) is 19.4 Å². The zero-order valence-corrected chi connectivity index (χ0v) is 13.3. The Hall–Kier alpha value is -2.48. The lowest BCUT2D eigenvalue weighted by Gasteiger charge is -2.20. The van der Waals surface area contributed by atoms with Crippen molar-refractivity contribution in [1.82, 2.24) is 5.32 Å². The normalized spacial score (nSPS) is 13.0. The van der Waals surface area contributed by atoms with Gasteiger partial charge in [-0.1, -0.05) is 12.1 Å². The van der Waals surface area contributed by atoms with Crippen molar-refractivity contribution in [3.63, 3.8) is 0 Å². The average molecular weight is 324 g/mol. The molecule has 1 aromatic rings. The summed E-state index contributed by atoms with van der Waals surface area (Å²) in [6, 6.07) is 4.39. The molecule has 0 aliphatic rings. The number of carbonyl (C=O) groups is 2. The Labute approximate surface area is 133 Å². The minimum absolute atomic E-state index is 0.0313. The molecule has 0 bridgehead atoms. The number of nitro groups is 1. The van der Waals surface area contributed by atoms with Gasteiger partial charge in [-0.3, -0.25) is 25.0 Å². The number of nitrogens with one attached hydrogen (secondary N) is 1. The Morgan fingerprint density at radius 1 is 1.26 bits per heavy atom. The third-order valence-corrected chi connectivity index (χ3v) is 3.16. The van der Waals surface area contributed by atoms with Crippen molar-refractivity contribution in [2.45, 2.75) is 32.4 Å². The molecular weight excluding hydrogens is 304 g/mol. The molecule has 0 fully saturated rings. The number of methoxy groups -OCH3 is 1. The van der Waals surface area contributed by atoms with Crippen LogP contribution in [-0.2, 0) is 25.5 Å². The number of rotatable bonds is 8. The first-order chi connectivity index (χ1) is 10.9. The number of hydrogen-bond acceptors (Lipinski definition) is 7. The van der Waals surface area contributed by atoms with E-state index >= 15 is 0 Å². The Balaban J connectivity index is 2.80. The lowest BCUT2D eigenvalue weighted by Crippen LogP contribution is -2.47. The molecular formula is C15H20N2O6. The smallest absolute Gasteiger partial charge is 0.323 e. The van der Waals surface area contributed by atoms with Gasteiger partial charge in [0, 0.05) is 12.1 Å². The number of nitrogens with zero attached hydrogens (tertiary/aromatic N) is 1. The molecule has 0 radical (unpaired) electrons. The Bertz CT molecular complexity index is 558. The first-order valence-corrected chi connectivity index (χ1v) is 7.12. The van der Waals surface area contributed by atoms with Crippen LogP contribution in [0.3, 0.4) is 0 Å². The minimum Gasteiger partial charge on any atom is -0.468 e. The highest BCUT2D eigenvalue weighted by molar-refractivity contribution is 5.79. The van der Waals surface area contributed by atoms with Gasteiger partial charge in [0.1, 0.15) is 12.1 Å². The summed E-state index contributed by atoms with van der Waals surface area (Å²) in [6.45, 7) is 3.53. The highest BCUT2D eigenvalue weighted by Crippen LogP contribution is 2.14. The molecule has 1 rings (SSSR count). The number of nitro benzene ring substituents is 1. The second-order valence-corrected chi connectivity index (χ2v) is 4.84. The van der Waals surface area contributed by atoms with E-state index in [-0.39, 0.29) is 18.7 Å². The summed E-state index contributed by atoms with van der Waals surface area (Å²) < 4.78 is 9.61. The van der Waals surface area contributed by atoms with Crippen molar-refractivity contribution in [3.8, 4) is 0 Å². The maximum absolute atomic E-state index is 11.9. The zero-order valence-electron chi connectivity index (χ0n) is 13.3. The van der Waals surface area contributed by atoms with Gasteiger partial charge in [-0.15, -0.1) is 0 Å². The molecule has 0 aromatic heterocycles. The number of carbonyl (C=O) groups excluding carboxylic acids is 2. The summed E-state index contributed by atoms with van der Waals surface area (Å²) >= 11 is 0. The van der Waals surface area contributed by atoms with E-state index in [1.165, 1.54) is 19.2 Å². The SMILES string of the molecule is CCOC(=O)[C@@H](C)N[C@H](Cc1ccc([N+](=O)[O-])cc1)C(=O)OC. The van der Waals surface area contributed by atoms with E-state index in [1.807, 2.05) is 0 Å². The van der Waals surface area contributed by atoms with Gasteiger partial charge in [-0.05, 0) is 25.8 Å². The molecule has 8 heteroatoms. The molecule has 8 nitrogen and oxygen atoms in total. The molecule has 1 N–H and O–H groups in total. The standard InChI is InChI=1S/C15H20N2O6/c1-4-23-14(18)10(2)16-13(15(19)22-3)9-11-5-7-12(8-6-11)17(20)21/h5-8,10,13,16H,4,9H2,1-3H3/t10-,13-/m1/s1. The topological polar surface area (TPSA) is 108 Å². The fraction of sp³-hybridized carbons (Fsp3) is 0.467. The Morgan fingerprint density at radius 3 is 2.35 bits per heavy atom. The second kappa shape index (κ2) is 8.84. The van der Waals surface area contributed by atoms with Crippen LogP contribution < -0.4 is 5.32 Å². The van der Waals surface area contributed by atoms with Crippen molar-refractivity contribution in [3.05, 3.63) is 39.9 Å². The second-order valence-electron chi connectivity index (χ2n) is 4.84. The average Bonchev–Trinajstić information content (AvgIpc) is 2.54. The van der Waals surface area contributed by atoms with Crippen LogP contribution in [0.5, 0.6) is 0 Å². The third kappa shape index (κ3) is 5.67. The van der Waals surface area contributed by atoms with Gasteiger partial charge in [0.15, 0.2) is 0 Å². The molecule has 0 aliphatic carbocycles. The number of hydrogen-bond donors (Lipinski definition) is 1. The Morgan fingerprint density at radius 2 is 1.87 bits per heavy atom. The van der Waals surface area contributed by atoms with Gasteiger partial charge in [0.2, 0.25) is 0 Å². The third-order valence-electron chi connectivity index (χ3n) is 3.16. The quantitative estimate of drug-likeness (QED) is 0.435. The first kappa shape index (κ1) is 18.6. The molecule has 23 heavy (non-hydrogen) atoms. The van der Waals surface area contributed by atoms with E-state index in [4.69, 9.17) is 9.47 Å². The number of esters is 2. The van der Waals surface area contributed by atoms with Crippen molar-refractivity contribution in [1.29, 1.82) is 0 Å². The first-order valence-electron chi connectivity index (χ1n) is 7.12. The molecule has 126 valence electrons. The van der Waals surface area contributed by atoms with Crippen LogP contribution in [0.4, 0.5) is 5.69 Å².